The zero-order valence-electron chi connectivity index (χ0n) is 16.5. The summed E-state index contributed by atoms with van der Waals surface area (Å²) >= 11 is 0. The summed E-state index contributed by atoms with van der Waals surface area (Å²) in [6, 6.07) is 9.31. The average molecular weight is 392 g/mol. The maximum absolute atomic E-state index is 12.9. The molecule has 7 nitrogen and oxygen atoms in total. The number of hydrogen-bond donors (Lipinski definition) is 3. The number of pyridine rings is 1. The normalized spacial score (nSPS) is 17.9. The number of benzene rings is 1. The lowest BCUT2D eigenvalue weighted by Crippen LogP contribution is -2.34. The number of carbonyl (C=O) groups excluding carboxylic acids is 2. The average Bonchev–Trinajstić information content (AvgIpc) is 3.29. The summed E-state index contributed by atoms with van der Waals surface area (Å²) in [5.41, 5.74) is 1.75. The molecule has 0 bridgehead atoms. The smallest absolute Gasteiger partial charge is 0.263 e. The fourth-order valence-corrected chi connectivity index (χ4v) is 3.77. The molecule has 1 aliphatic rings. The molecule has 150 valence electrons. The number of hydrogen-bond acceptors (Lipinski definition) is 3. The van der Waals surface area contributed by atoms with Crippen molar-refractivity contribution in [2.45, 2.75) is 32.4 Å². The highest BCUT2D eigenvalue weighted by molar-refractivity contribution is 5.99. The molecule has 1 unspecified atom stereocenters. The third kappa shape index (κ3) is 3.68. The monoisotopic (exact) mass is 392 g/mol. The second-order valence-electron chi connectivity index (χ2n) is 7.49. The largest absolute Gasteiger partial charge is 0.361 e. The minimum absolute atomic E-state index is 0.0377. The first-order valence-electron chi connectivity index (χ1n) is 9.84. The molecule has 0 saturated heterocycles. The number of aromatic nitrogens is 2. The second-order valence-corrected chi connectivity index (χ2v) is 7.49. The molecule has 1 aliphatic carbocycles. The van der Waals surface area contributed by atoms with Crippen molar-refractivity contribution in [3.63, 3.8) is 0 Å². The molecule has 4 rings (SSSR count). The molecule has 2 amide bonds. The Bertz CT molecular complexity index is 1140. The SMILES string of the molecule is CC[C@@H]1CC1NC(=O)c1cc(C(=O)NC)c(=O)n(Cc2cccc3[nH]ccc23)c1. The number of amides is 2. The second kappa shape index (κ2) is 7.58. The van der Waals surface area contributed by atoms with Gasteiger partial charge in [0.2, 0.25) is 0 Å². The van der Waals surface area contributed by atoms with Crippen molar-refractivity contribution in [1.29, 1.82) is 0 Å². The minimum atomic E-state index is -0.504. The van der Waals surface area contributed by atoms with Crippen molar-refractivity contribution in [3.8, 4) is 0 Å². The number of rotatable bonds is 6. The maximum Gasteiger partial charge on any atom is 0.263 e. The van der Waals surface area contributed by atoms with Crippen LogP contribution in [0.1, 0.15) is 46.0 Å². The highest BCUT2D eigenvalue weighted by atomic mass is 16.2. The van der Waals surface area contributed by atoms with Crippen LogP contribution in [0.5, 0.6) is 0 Å². The molecule has 2 aromatic heterocycles. The molecule has 1 aromatic carbocycles. The highest BCUT2D eigenvalue weighted by Crippen LogP contribution is 2.33. The van der Waals surface area contributed by atoms with E-state index in [0.717, 1.165) is 29.3 Å². The number of nitrogens with one attached hydrogen (secondary N) is 3. The van der Waals surface area contributed by atoms with Crippen LogP contribution in [0, 0.1) is 5.92 Å². The highest BCUT2D eigenvalue weighted by Gasteiger charge is 2.36. The van der Waals surface area contributed by atoms with Gasteiger partial charge >= 0.3 is 0 Å². The number of fused-ring (bicyclic) bond motifs is 1. The van der Waals surface area contributed by atoms with Crippen LogP contribution in [0.2, 0.25) is 0 Å². The van der Waals surface area contributed by atoms with Gasteiger partial charge in [-0.05, 0) is 36.1 Å². The van der Waals surface area contributed by atoms with E-state index in [9.17, 15) is 14.4 Å². The Morgan fingerprint density at radius 1 is 1.24 bits per heavy atom. The number of aromatic amines is 1. The van der Waals surface area contributed by atoms with Gasteiger partial charge in [0.05, 0.1) is 12.1 Å². The Morgan fingerprint density at radius 3 is 2.79 bits per heavy atom. The lowest BCUT2D eigenvalue weighted by molar-refractivity contribution is 0.0948. The summed E-state index contributed by atoms with van der Waals surface area (Å²) in [4.78, 5) is 41.1. The van der Waals surface area contributed by atoms with Crippen LogP contribution in [-0.4, -0.2) is 34.5 Å². The van der Waals surface area contributed by atoms with Gasteiger partial charge < -0.3 is 20.2 Å². The van der Waals surface area contributed by atoms with Crippen LogP contribution in [-0.2, 0) is 6.54 Å². The van der Waals surface area contributed by atoms with Crippen LogP contribution in [0.25, 0.3) is 10.9 Å². The molecule has 0 spiro atoms. The lowest BCUT2D eigenvalue weighted by Gasteiger charge is -2.12. The van der Waals surface area contributed by atoms with Crippen LogP contribution < -0.4 is 16.2 Å². The van der Waals surface area contributed by atoms with Crippen molar-refractivity contribution < 1.29 is 9.59 Å². The van der Waals surface area contributed by atoms with Gasteiger partial charge in [-0.2, -0.15) is 0 Å². The summed E-state index contributed by atoms with van der Waals surface area (Å²) in [5, 5.41) is 6.49. The number of carbonyl (C=O) groups is 2. The maximum atomic E-state index is 12.9. The molecule has 7 heteroatoms. The van der Waals surface area contributed by atoms with Gasteiger partial charge in [-0.1, -0.05) is 25.5 Å². The quantitative estimate of drug-likeness (QED) is 0.600. The van der Waals surface area contributed by atoms with Gasteiger partial charge in [-0.15, -0.1) is 0 Å². The Morgan fingerprint density at radius 2 is 2.07 bits per heavy atom. The molecule has 0 radical (unpaired) electrons. The van der Waals surface area contributed by atoms with E-state index in [-0.39, 0.29) is 24.1 Å². The van der Waals surface area contributed by atoms with E-state index >= 15 is 0 Å². The first kappa shape index (κ1) is 19.0. The van der Waals surface area contributed by atoms with Crippen molar-refractivity contribution in [1.82, 2.24) is 20.2 Å². The Kier molecular flexibility index (Phi) is 4.96. The molecule has 3 N–H and O–H groups in total. The Hall–Kier alpha value is -3.35. The molecule has 2 heterocycles. The molecule has 29 heavy (non-hydrogen) atoms. The molecule has 2 atom stereocenters. The summed E-state index contributed by atoms with van der Waals surface area (Å²) in [5.74, 6) is -0.254. The Balaban J connectivity index is 1.72. The van der Waals surface area contributed by atoms with E-state index in [1.165, 1.54) is 17.7 Å². The standard InChI is InChI=1S/C22H24N4O3/c1-3-13-10-19(13)25-20(27)15-9-17(21(28)23-2)22(29)26(12-15)11-14-5-4-6-18-16(14)7-8-24-18/h4-9,12-13,19,24H,3,10-11H2,1-2H3,(H,23,28)(H,25,27)/t13-,19?/m1/s1. The lowest BCUT2D eigenvalue weighted by atomic mass is 10.1. The third-order valence-electron chi connectivity index (χ3n) is 5.61. The molecular weight excluding hydrogens is 368 g/mol. The van der Waals surface area contributed by atoms with Gasteiger partial charge in [0.15, 0.2) is 0 Å². The van der Waals surface area contributed by atoms with Gasteiger partial charge in [0.1, 0.15) is 5.56 Å². The molecule has 1 fully saturated rings. The molecule has 3 aromatic rings. The van der Waals surface area contributed by atoms with Crippen molar-refractivity contribution in [2.24, 2.45) is 5.92 Å². The van der Waals surface area contributed by atoms with E-state index in [4.69, 9.17) is 0 Å². The van der Waals surface area contributed by atoms with Crippen LogP contribution in [0.4, 0.5) is 0 Å². The predicted octanol–water partition coefficient (Wildman–Crippen LogP) is 2.27. The van der Waals surface area contributed by atoms with Gasteiger partial charge in [-0.3, -0.25) is 14.4 Å². The summed E-state index contributed by atoms with van der Waals surface area (Å²) in [7, 11) is 1.47. The zero-order valence-corrected chi connectivity index (χ0v) is 16.5. The first-order valence-corrected chi connectivity index (χ1v) is 9.84. The topological polar surface area (TPSA) is 96.0 Å². The van der Waals surface area contributed by atoms with Crippen LogP contribution in [0.15, 0.2) is 47.5 Å². The summed E-state index contributed by atoms with van der Waals surface area (Å²) in [6.45, 7) is 2.36. The first-order chi connectivity index (χ1) is 14.0. The van der Waals surface area contributed by atoms with Gasteiger partial charge in [0.25, 0.3) is 17.4 Å². The van der Waals surface area contributed by atoms with E-state index < -0.39 is 11.5 Å². The zero-order chi connectivity index (χ0) is 20.5. The van der Waals surface area contributed by atoms with Crippen molar-refractivity contribution >= 4 is 22.7 Å². The predicted molar refractivity (Wildman–Crippen MR) is 111 cm³/mol. The van der Waals surface area contributed by atoms with Crippen LogP contribution >= 0.6 is 0 Å². The van der Waals surface area contributed by atoms with E-state index in [1.54, 1.807) is 6.20 Å². The van der Waals surface area contributed by atoms with E-state index in [0.29, 0.717) is 11.5 Å². The fourth-order valence-electron chi connectivity index (χ4n) is 3.77. The fraction of sp³-hybridized carbons (Fsp3) is 0.318. The Labute approximate surface area is 168 Å². The van der Waals surface area contributed by atoms with Gasteiger partial charge in [-0.25, -0.2) is 0 Å². The van der Waals surface area contributed by atoms with E-state index in [1.807, 2.05) is 30.5 Å². The molecule has 1 saturated carbocycles. The number of nitrogens with zero attached hydrogens (tertiary/aromatic N) is 1. The summed E-state index contributed by atoms with van der Waals surface area (Å²) < 4.78 is 1.44. The third-order valence-corrected chi connectivity index (χ3v) is 5.61. The molecular formula is C22H24N4O3. The van der Waals surface area contributed by atoms with E-state index in [2.05, 4.69) is 22.5 Å². The van der Waals surface area contributed by atoms with Crippen molar-refractivity contribution in [3.05, 3.63) is 69.8 Å². The van der Waals surface area contributed by atoms with Crippen molar-refractivity contribution in [2.75, 3.05) is 7.05 Å². The summed E-state index contributed by atoms with van der Waals surface area (Å²) in [6.07, 6.45) is 5.38. The van der Waals surface area contributed by atoms with Gasteiger partial charge in [0, 0.05) is 36.4 Å². The number of H-pyrrole nitrogens is 1. The molecule has 0 aliphatic heterocycles. The van der Waals surface area contributed by atoms with Crippen LogP contribution in [0.3, 0.4) is 0 Å². The minimum Gasteiger partial charge on any atom is -0.361 e.